The molecule has 0 bridgehead atoms. The monoisotopic (exact) mass is 289 g/mol. The van der Waals surface area contributed by atoms with Crippen LogP contribution >= 0.6 is 12.2 Å². The summed E-state index contributed by atoms with van der Waals surface area (Å²) in [5.74, 6) is -0.564. The SMILES string of the molecule is Cc1ccc(NC(=S)Nc2cnn(C)c2C(N)=O)cc1. The van der Waals surface area contributed by atoms with Gasteiger partial charge in [0.2, 0.25) is 0 Å². The Morgan fingerprint density at radius 2 is 1.95 bits per heavy atom. The fraction of sp³-hybridized carbons (Fsp3) is 0.154. The first-order chi connectivity index (χ1) is 9.47. The van der Waals surface area contributed by atoms with E-state index in [1.807, 2.05) is 31.2 Å². The molecule has 0 aliphatic carbocycles. The van der Waals surface area contributed by atoms with Crippen molar-refractivity contribution in [2.75, 3.05) is 10.6 Å². The first kappa shape index (κ1) is 14.0. The van der Waals surface area contributed by atoms with Gasteiger partial charge < -0.3 is 16.4 Å². The lowest BCUT2D eigenvalue weighted by Gasteiger charge is -2.10. The van der Waals surface area contributed by atoms with Gasteiger partial charge in [-0.05, 0) is 31.3 Å². The van der Waals surface area contributed by atoms with Crippen LogP contribution in [0.3, 0.4) is 0 Å². The zero-order valence-electron chi connectivity index (χ0n) is 11.2. The van der Waals surface area contributed by atoms with Gasteiger partial charge in [0.1, 0.15) is 5.69 Å². The van der Waals surface area contributed by atoms with Crippen LogP contribution in [0.2, 0.25) is 0 Å². The van der Waals surface area contributed by atoms with Crippen molar-refractivity contribution in [1.82, 2.24) is 9.78 Å². The summed E-state index contributed by atoms with van der Waals surface area (Å²) in [7, 11) is 1.64. The molecule has 104 valence electrons. The van der Waals surface area contributed by atoms with Crippen molar-refractivity contribution < 1.29 is 4.79 Å². The van der Waals surface area contributed by atoms with Gasteiger partial charge in [0, 0.05) is 12.7 Å². The zero-order valence-corrected chi connectivity index (χ0v) is 12.0. The smallest absolute Gasteiger partial charge is 0.269 e. The van der Waals surface area contributed by atoms with Crippen molar-refractivity contribution in [3.05, 3.63) is 41.7 Å². The van der Waals surface area contributed by atoms with Gasteiger partial charge in [-0.3, -0.25) is 9.48 Å². The van der Waals surface area contributed by atoms with Gasteiger partial charge in [-0.25, -0.2) is 0 Å². The van der Waals surface area contributed by atoms with Crippen LogP contribution in [0.15, 0.2) is 30.5 Å². The molecule has 0 saturated heterocycles. The lowest BCUT2D eigenvalue weighted by molar-refractivity contribution is 0.0992. The summed E-state index contributed by atoms with van der Waals surface area (Å²) >= 11 is 5.19. The fourth-order valence-corrected chi connectivity index (χ4v) is 1.97. The summed E-state index contributed by atoms with van der Waals surface area (Å²) in [5.41, 5.74) is 8.08. The highest BCUT2D eigenvalue weighted by Gasteiger charge is 2.14. The van der Waals surface area contributed by atoms with Crippen molar-refractivity contribution in [2.45, 2.75) is 6.92 Å². The van der Waals surface area contributed by atoms with Crippen molar-refractivity contribution in [3.8, 4) is 0 Å². The topological polar surface area (TPSA) is 85.0 Å². The van der Waals surface area contributed by atoms with E-state index in [2.05, 4.69) is 15.7 Å². The molecular formula is C13H15N5OS. The second-order valence-corrected chi connectivity index (χ2v) is 4.75. The number of hydrogen-bond donors (Lipinski definition) is 3. The number of primary amides is 1. The Bertz CT molecular complexity index is 647. The van der Waals surface area contributed by atoms with Gasteiger partial charge in [0.15, 0.2) is 5.11 Å². The summed E-state index contributed by atoms with van der Waals surface area (Å²) < 4.78 is 1.40. The molecular weight excluding hydrogens is 274 g/mol. The maximum absolute atomic E-state index is 11.3. The quantitative estimate of drug-likeness (QED) is 0.748. The molecule has 0 saturated carbocycles. The largest absolute Gasteiger partial charge is 0.364 e. The molecule has 1 aromatic heterocycles. The van der Waals surface area contributed by atoms with E-state index >= 15 is 0 Å². The van der Waals surface area contributed by atoms with Gasteiger partial charge in [0.05, 0.1) is 11.9 Å². The number of thiocarbonyl (C=S) groups is 1. The number of carbonyl (C=O) groups excluding carboxylic acids is 1. The number of carbonyl (C=O) groups is 1. The van der Waals surface area contributed by atoms with Crippen LogP contribution in [-0.4, -0.2) is 20.8 Å². The molecule has 20 heavy (non-hydrogen) atoms. The maximum Gasteiger partial charge on any atom is 0.269 e. The number of rotatable bonds is 3. The molecule has 1 amide bonds. The highest BCUT2D eigenvalue weighted by molar-refractivity contribution is 7.80. The Labute approximate surface area is 122 Å². The van der Waals surface area contributed by atoms with E-state index in [1.165, 1.54) is 10.9 Å². The molecule has 1 aromatic carbocycles. The van der Waals surface area contributed by atoms with E-state index in [1.54, 1.807) is 7.05 Å². The first-order valence-corrected chi connectivity index (χ1v) is 6.34. The van der Waals surface area contributed by atoms with Gasteiger partial charge in [-0.2, -0.15) is 5.10 Å². The Morgan fingerprint density at radius 3 is 2.55 bits per heavy atom. The molecule has 0 unspecified atom stereocenters. The summed E-state index contributed by atoms with van der Waals surface area (Å²) in [5, 5.41) is 10.3. The number of amides is 1. The van der Waals surface area contributed by atoms with E-state index in [0.717, 1.165) is 11.3 Å². The lowest BCUT2D eigenvalue weighted by atomic mass is 10.2. The molecule has 6 nitrogen and oxygen atoms in total. The van der Waals surface area contributed by atoms with Crippen molar-refractivity contribution >= 4 is 34.6 Å². The Morgan fingerprint density at radius 1 is 1.30 bits per heavy atom. The van der Waals surface area contributed by atoms with Crippen LogP contribution in [-0.2, 0) is 7.05 Å². The van der Waals surface area contributed by atoms with E-state index in [9.17, 15) is 4.79 Å². The average Bonchev–Trinajstić information content (AvgIpc) is 2.73. The summed E-state index contributed by atoms with van der Waals surface area (Å²) in [6.07, 6.45) is 1.50. The van der Waals surface area contributed by atoms with Crippen LogP contribution in [0.5, 0.6) is 0 Å². The molecule has 4 N–H and O–H groups in total. The highest BCUT2D eigenvalue weighted by atomic mass is 32.1. The molecule has 0 radical (unpaired) electrons. The Kier molecular flexibility index (Phi) is 3.99. The summed E-state index contributed by atoms with van der Waals surface area (Å²) in [6.45, 7) is 2.01. The minimum absolute atomic E-state index is 0.276. The third-order valence-corrected chi connectivity index (χ3v) is 2.93. The number of nitrogens with one attached hydrogen (secondary N) is 2. The predicted molar refractivity (Wildman–Crippen MR) is 82.7 cm³/mol. The van der Waals surface area contributed by atoms with Crippen molar-refractivity contribution in [3.63, 3.8) is 0 Å². The third-order valence-electron chi connectivity index (χ3n) is 2.73. The zero-order chi connectivity index (χ0) is 14.7. The van der Waals surface area contributed by atoms with Crippen LogP contribution < -0.4 is 16.4 Å². The van der Waals surface area contributed by atoms with Gasteiger partial charge >= 0.3 is 0 Å². The Balaban J connectivity index is 2.09. The third kappa shape index (κ3) is 3.12. The number of anilines is 2. The molecule has 2 rings (SSSR count). The van der Waals surface area contributed by atoms with E-state index in [-0.39, 0.29) is 5.69 Å². The van der Waals surface area contributed by atoms with Crippen molar-refractivity contribution in [2.24, 2.45) is 12.8 Å². The summed E-state index contributed by atoms with van der Waals surface area (Å²) in [4.78, 5) is 11.3. The first-order valence-electron chi connectivity index (χ1n) is 5.94. The minimum atomic E-state index is -0.564. The van der Waals surface area contributed by atoms with Crippen LogP contribution in [0.1, 0.15) is 16.1 Å². The average molecular weight is 289 g/mol. The molecule has 0 atom stereocenters. The molecule has 0 fully saturated rings. The predicted octanol–water partition coefficient (Wildman–Crippen LogP) is 1.64. The number of aryl methyl sites for hydroxylation is 2. The summed E-state index contributed by atoms with van der Waals surface area (Å²) in [6, 6.07) is 7.79. The van der Waals surface area contributed by atoms with Crippen LogP contribution in [0, 0.1) is 6.92 Å². The molecule has 1 heterocycles. The second kappa shape index (κ2) is 5.70. The molecule has 0 aliphatic rings. The number of benzene rings is 1. The van der Waals surface area contributed by atoms with Gasteiger partial charge in [-0.1, -0.05) is 17.7 Å². The molecule has 0 spiro atoms. The van der Waals surface area contributed by atoms with Crippen molar-refractivity contribution in [1.29, 1.82) is 0 Å². The van der Waals surface area contributed by atoms with E-state index in [4.69, 9.17) is 18.0 Å². The van der Waals surface area contributed by atoms with Gasteiger partial charge in [0.25, 0.3) is 5.91 Å². The highest BCUT2D eigenvalue weighted by Crippen LogP contribution is 2.14. The molecule has 7 heteroatoms. The van der Waals surface area contributed by atoms with Gasteiger partial charge in [-0.15, -0.1) is 0 Å². The van der Waals surface area contributed by atoms with Crippen LogP contribution in [0.25, 0.3) is 0 Å². The van der Waals surface area contributed by atoms with E-state index in [0.29, 0.717) is 10.8 Å². The molecule has 2 aromatic rings. The standard InChI is InChI=1S/C13H15N5OS/c1-8-3-5-9(6-4-8)16-13(20)17-10-7-15-18(2)11(10)12(14)19/h3-7H,1-2H3,(H2,14,19)(H2,16,17,20). The Hall–Kier alpha value is -2.41. The fourth-order valence-electron chi connectivity index (χ4n) is 1.74. The van der Waals surface area contributed by atoms with E-state index < -0.39 is 5.91 Å². The number of hydrogen-bond acceptors (Lipinski definition) is 3. The lowest BCUT2D eigenvalue weighted by Crippen LogP contribution is -2.23. The maximum atomic E-state index is 11.3. The molecule has 0 aliphatic heterocycles. The normalized spacial score (nSPS) is 10.1. The minimum Gasteiger partial charge on any atom is -0.364 e. The number of nitrogens with zero attached hydrogens (tertiary/aromatic N) is 2. The number of nitrogens with two attached hydrogens (primary N) is 1. The number of aromatic nitrogens is 2. The van der Waals surface area contributed by atoms with Crippen LogP contribution in [0.4, 0.5) is 11.4 Å². The second-order valence-electron chi connectivity index (χ2n) is 4.34.